The van der Waals surface area contributed by atoms with Crippen LogP contribution in [0.1, 0.15) is 10.4 Å². The van der Waals surface area contributed by atoms with Crippen molar-refractivity contribution in [1.29, 1.82) is 0 Å². The predicted molar refractivity (Wildman–Crippen MR) is 115 cm³/mol. The molecule has 142 valence electrons. The van der Waals surface area contributed by atoms with Gasteiger partial charge in [0, 0.05) is 46.8 Å². The van der Waals surface area contributed by atoms with Crippen molar-refractivity contribution in [1.82, 2.24) is 15.1 Å². The first-order valence-electron chi connectivity index (χ1n) is 8.99. The fraction of sp³-hybridized carbons (Fsp3) is 0.190. The molecule has 0 bridgehead atoms. The molecule has 0 radical (unpaired) electrons. The van der Waals surface area contributed by atoms with Gasteiger partial charge >= 0.3 is 0 Å². The second-order valence-corrected chi connectivity index (χ2v) is 7.92. The molecule has 0 spiro atoms. The maximum absolute atomic E-state index is 12.6. The minimum absolute atomic E-state index is 0.0660. The van der Waals surface area contributed by atoms with Crippen LogP contribution in [0.4, 0.5) is 5.82 Å². The van der Waals surface area contributed by atoms with Crippen LogP contribution in [0.15, 0.2) is 65.1 Å². The molecule has 1 aromatic heterocycles. The standard InChI is InChI=1S/C21H18BrClN4O/c22-17-5-1-16(2-6-17)21(28)27-13-11-26(12-14-27)20-10-9-19(24-25-20)15-3-7-18(23)8-4-15/h1-10H,11-14H2. The van der Waals surface area contributed by atoms with E-state index < -0.39 is 0 Å². The molecule has 1 aliphatic heterocycles. The Morgan fingerprint density at radius 3 is 2.14 bits per heavy atom. The molecular formula is C21H18BrClN4O. The van der Waals surface area contributed by atoms with Gasteiger partial charge in [0.25, 0.3) is 5.91 Å². The number of hydrogen-bond donors (Lipinski definition) is 0. The fourth-order valence-corrected chi connectivity index (χ4v) is 3.57. The van der Waals surface area contributed by atoms with Gasteiger partial charge in [-0.25, -0.2) is 0 Å². The fourth-order valence-electron chi connectivity index (χ4n) is 3.18. The van der Waals surface area contributed by atoms with Crippen molar-refractivity contribution >= 4 is 39.3 Å². The molecule has 7 heteroatoms. The molecule has 4 rings (SSSR count). The molecule has 0 saturated carbocycles. The van der Waals surface area contributed by atoms with Crippen LogP contribution in [-0.4, -0.2) is 47.2 Å². The Morgan fingerprint density at radius 2 is 1.54 bits per heavy atom. The van der Waals surface area contributed by atoms with Gasteiger partial charge in [0.1, 0.15) is 0 Å². The summed E-state index contributed by atoms with van der Waals surface area (Å²) in [6.45, 7) is 2.79. The average molecular weight is 458 g/mol. The first-order valence-corrected chi connectivity index (χ1v) is 10.2. The molecule has 0 aliphatic carbocycles. The zero-order valence-corrected chi connectivity index (χ0v) is 17.4. The van der Waals surface area contributed by atoms with Crippen molar-refractivity contribution in [2.75, 3.05) is 31.1 Å². The molecule has 1 amide bonds. The Labute approximate surface area is 177 Å². The summed E-state index contributed by atoms with van der Waals surface area (Å²) in [5.74, 6) is 0.893. The van der Waals surface area contributed by atoms with E-state index in [1.807, 2.05) is 65.6 Å². The highest BCUT2D eigenvalue weighted by Gasteiger charge is 2.23. The summed E-state index contributed by atoms with van der Waals surface area (Å²) in [5, 5.41) is 9.42. The molecule has 3 aromatic rings. The van der Waals surface area contributed by atoms with Gasteiger partial charge in [-0.05, 0) is 48.5 Å². The number of rotatable bonds is 3. The molecule has 0 N–H and O–H groups in total. The number of carbonyl (C=O) groups is 1. The summed E-state index contributed by atoms with van der Waals surface area (Å²) >= 11 is 9.33. The lowest BCUT2D eigenvalue weighted by Gasteiger charge is -2.35. The predicted octanol–water partition coefficient (Wildman–Crippen LogP) is 4.52. The van der Waals surface area contributed by atoms with Crippen LogP contribution < -0.4 is 4.90 Å². The molecule has 0 unspecified atom stereocenters. The summed E-state index contributed by atoms with van der Waals surface area (Å²) in [6.07, 6.45) is 0. The smallest absolute Gasteiger partial charge is 0.253 e. The maximum Gasteiger partial charge on any atom is 0.253 e. The number of piperazine rings is 1. The molecular weight excluding hydrogens is 440 g/mol. The van der Waals surface area contributed by atoms with Gasteiger partial charge in [0.2, 0.25) is 0 Å². The second kappa shape index (κ2) is 8.29. The van der Waals surface area contributed by atoms with Gasteiger partial charge in [-0.15, -0.1) is 10.2 Å². The summed E-state index contributed by atoms with van der Waals surface area (Å²) < 4.78 is 0.967. The second-order valence-electron chi connectivity index (χ2n) is 6.57. The largest absolute Gasteiger partial charge is 0.352 e. The lowest BCUT2D eigenvalue weighted by atomic mass is 10.1. The van der Waals surface area contributed by atoms with Crippen molar-refractivity contribution in [3.63, 3.8) is 0 Å². The topological polar surface area (TPSA) is 49.3 Å². The Kier molecular flexibility index (Phi) is 5.59. The number of amides is 1. The van der Waals surface area contributed by atoms with Gasteiger partial charge in [0.15, 0.2) is 5.82 Å². The van der Waals surface area contributed by atoms with E-state index in [9.17, 15) is 4.79 Å². The first-order chi connectivity index (χ1) is 13.6. The highest BCUT2D eigenvalue weighted by molar-refractivity contribution is 9.10. The Balaban J connectivity index is 1.39. The van der Waals surface area contributed by atoms with Crippen molar-refractivity contribution in [3.8, 4) is 11.3 Å². The van der Waals surface area contributed by atoms with E-state index in [2.05, 4.69) is 31.0 Å². The van der Waals surface area contributed by atoms with Crippen LogP contribution in [0.3, 0.4) is 0 Å². The van der Waals surface area contributed by atoms with E-state index in [1.54, 1.807) is 0 Å². The lowest BCUT2D eigenvalue weighted by Crippen LogP contribution is -2.49. The van der Waals surface area contributed by atoms with E-state index in [0.29, 0.717) is 23.7 Å². The lowest BCUT2D eigenvalue weighted by molar-refractivity contribution is 0.0746. The normalized spacial score (nSPS) is 14.2. The molecule has 2 aromatic carbocycles. The summed E-state index contributed by atoms with van der Waals surface area (Å²) in [6, 6.07) is 19.0. The highest BCUT2D eigenvalue weighted by atomic mass is 79.9. The van der Waals surface area contributed by atoms with E-state index in [4.69, 9.17) is 11.6 Å². The van der Waals surface area contributed by atoms with Gasteiger partial charge in [-0.3, -0.25) is 4.79 Å². The van der Waals surface area contributed by atoms with Crippen LogP contribution in [-0.2, 0) is 0 Å². The van der Waals surface area contributed by atoms with E-state index in [0.717, 1.165) is 34.6 Å². The Hall–Kier alpha value is -2.44. The quantitative estimate of drug-likeness (QED) is 0.580. The third-order valence-corrected chi connectivity index (χ3v) is 5.55. The van der Waals surface area contributed by atoms with Gasteiger partial charge in [-0.1, -0.05) is 39.7 Å². The minimum Gasteiger partial charge on any atom is -0.352 e. The third kappa shape index (κ3) is 4.18. The average Bonchev–Trinajstić information content (AvgIpc) is 2.75. The number of nitrogens with zero attached hydrogens (tertiary/aromatic N) is 4. The number of anilines is 1. The van der Waals surface area contributed by atoms with Gasteiger partial charge < -0.3 is 9.80 Å². The highest BCUT2D eigenvalue weighted by Crippen LogP contribution is 2.21. The maximum atomic E-state index is 12.6. The summed E-state index contributed by atoms with van der Waals surface area (Å²) in [5.41, 5.74) is 2.50. The van der Waals surface area contributed by atoms with Crippen molar-refractivity contribution in [2.45, 2.75) is 0 Å². The monoisotopic (exact) mass is 456 g/mol. The first kappa shape index (κ1) is 18.9. The van der Waals surface area contributed by atoms with Crippen molar-refractivity contribution in [2.24, 2.45) is 0 Å². The number of benzene rings is 2. The minimum atomic E-state index is 0.0660. The van der Waals surface area contributed by atoms with Gasteiger partial charge in [0.05, 0.1) is 5.69 Å². The molecule has 1 fully saturated rings. The zero-order valence-electron chi connectivity index (χ0n) is 15.1. The summed E-state index contributed by atoms with van der Waals surface area (Å²) in [4.78, 5) is 16.7. The Morgan fingerprint density at radius 1 is 0.857 bits per heavy atom. The molecule has 5 nitrogen and oxygen atoms in total. The van der Waals surface area contributed by atoms with Crippen molar-refractivity contribution < 1.29 is 4.79 Å². The Bertz CT molecular complexity index is 953. The van der Waals surface area contributed by atoms with Crippen LogP contribution in [0.2, 0.25) is 5.02 Å². The van der Waals surface area contributed by atoms with E-state index >= 15 is 0 Å². The SMILES string of the molecule is O=C(c1ccc(Br)cc1)N1CCN(c2ccc(-c3ccc(Cl)cc3)nn2)CC1. The zero-order chi connectivity index (χ0) is 19.5. The van der Waals surface area contributed by atoms with Crippen LogP contribution >= 0.6 is 27.5 Å². The van der Waals surface area contributed by atoms with Crippen LogP contribution in [0.25, 0.3) is 11.3 Å². The number of halogens is 2. The number of hydrogen-bond acceptors (Lipinski definition) is 4. The van der Waals surface area contributed by atoms with E-state index in [-0.39, 0.29) is 5.91 Å². The van der Waals surface area contributed by atoms with Crippen LogP contribution in [0.5, 0.6) is 0 Å². The number of aromatic nitrogens is 2. The molecule has 2 heterocycles. The third-order valence-electron chi connectivity index (χ3n) is 4.77. The molecule has 1 saturated heterocycles. The number of carbonyl (C=O) groups excluding carboxylic acids is 1. The molecule has 1 aliphatic rings. The van der Waals surface area contributed by atoms with Crippen molar-refractivity contribution in [3.05, 3.63) is 75.7 Å². The van der Waals surface area contributed by atoms with Crippen LogP contribution in [0, 0.1) is 0 Å². The van der Waals surface area contributed by atoms with Gasteiger partial charge in [-0.2, -0.15) is 0 Å². The molecule has 0 atom stereocenters. The van der Waals surface area contributed by atoms with E-state index in [1.165, 1.54) is 0 Å². The summed E-state index contributed by atoms with van der Waals surface area (Å²) in [7, 11) is 0. The molecule has 28 heavy (non-hydrogen) atoms.